The van der Waals surface area contributed by atoms with Crippen LogP contribution in [0.4, 0.5) is 5.82 Å². The molecule has 1 aromatic heterocycles. The number of hydrogen-bond donors (Lipinski definition) is 3. The average molecular weight is 279 g/mol. The first-order valence-corrected chi connectivity index (χ1v) is 6.99. The predicted molar refractivity (Wildman–Crippen MR) is 67.2 cm³/mol. The van der Waals surface area contributed by atoms with Crippen molar-refractivity contribution >= 4 is 27.4 Å². The molecule has 1 aromatic rings. The average Bonchev–Trinajstić information content (AvgIpc) is 2.29. The van der Waals surface area contributed by atoms with Crippen molar-refractivity contribution in [3.63, 3.8) is 0 Å². The van der Waals surface area contributed by atoms with Crippen LogP contribution in [0.3, 0.4) is 0 Å². The van der Waals surface area contributed by atoms with E-state index >= 15 is 0 Å². The SMILES string of the molecule is CCCCNS(=O)(=O)c1cnc(NN)c(Cl)c1. The number of nitrogens with one attached hydrogen (secondary N) is 2. The number of hydrogen-bond acceptors (Lipinski definition) is 5. The first-order valence-electron chi connectivity index (χ1n) is 5.13. The van der Waals surface area contributed by atoms with E-state index in [0.717, 1.165) is 12.8 Å². The zero-order valence-electron chi connectivity index (χ0n) is 9.40. The highest BCUT2D eigenvalue weighted by molar-refractivity contribution is 7.89. The summed E-state index contributed by atoms with van der Waals surface area (Å²) < 4.78 is 26.1. The van der Waals surface area contributed by atoms with E-state index in [1.165, 1.54) is 12.3 Å². The number of nitrogens with two attached hydrogens (primary N) is 1. The molecular weight excluding hydrogens is 264 g/mol. The maximum absolute atomic E-state index is 11.8. The fourth-order valence-electron chi connectivity index (χ4n) is 1.14. The summed E-state index contributed by atoms with van der Waals surface area (Å²) >= 11 is 5.80. The Morgan fingerprint density at radius 3 is 2.76 bits per heavy atom. The van der Waals surface area contributed by atoms with Crippen molar-refractivity contribution in [3.8, 4) is 0 Å². The van der Waals surface area contributed by atoms with Crippen molar-refractivity contribution in [3.05, 3.63) is 17.3 Å². The lowest BCUT2D eigenvalue weighted by atomic mass is 10.3. The molecule has 0 spiro atoms. The van der Waals surface area contributed by atoms with E-state index in [1.54, 1.807) is 0 Å². The number of sulfonamides is 1. The number of halogens is 1. The van der Waals surface area contributed by atoms with Crippen LogP contribution >= 0.6 is 11.6 Å². The van der Waals surface area contributed by atoms with Gasteiger partial charge in [0.15, 0.2) is 5.82 Å². The number of pyridine rings is 1. The molecule has 0 fully saturated rings. The van der Waals surface area contributed by atoms with Crippen LogP contribution in [0.15, 0.2) is 17.2 Å². The molecule has 4 N–H and O–H groups in total. The van der Waals surface area contributed by atoms with Gasteiger partial charge in [-0.3, -0.25) is 0 Å². The highest BCUT2D eigenvalue weighted by Gasteiger charge is 2.15. The van der Waals surface area contributed by atoms with Gasteiger partial charge >= 0.3 is 0 Å². The third-order valence-electron chi connectivity index (χ3n) is 2.09. The molecule has 96 valence electrons. The van der Waals surface area contributed by atoms with Crippen LogP contribution in [0, 0.1) is 0 Å². The number of anilines is 1. The van der Waals surface area contributed by atoms with E-state index in [2.05, 4.69) is 15.1 Å². The van der Waals surface area contributed by atoms with Crippen LogP contribution in [0.5, 0.6) is 0 Å². The van der Waals surface area contributed by atoms with Crippen molar-refractivity contribution in [1.29, 1.82) is 0 Å². The Balaban J connectivity index is 2.88. The van der Waals surface area contributed by atoms with Crippen molar-refractivity contribution < 1.29 is 8.42 Å². The van der Waals surface area contributed by atoms with E-state index in [0.29, 0.717) is 6.54 Å². The molecule has 1 heterocycles. The molecular formula is C9H15ClN4O2S. The van der Waals surface area contributed by atoms with Crippen LogP contribution < -0.4 is 16.0 Å². The molecule has 1 rings (SSSR count). The van der Waals surface area contributed by atoms with Gasteiger partial charge in [0.2, 0.25) is 10.0 Å². The van der Waals surface area contributed by atoms with Crippen LogP contribution in [-0.4, -0.2) is 19.9 Å². The number of hydrazine groups is 1. The van der Waals surface area contributed by atoms with Gasteiger partial charge in [-0.2, -0.15) is 0 Å². The van der Waals surface area contributed by atoms with Gasteiger partial charge in [-0.25, -0.2) is 24.0 Å². The second kappa shape index (κ2) is 6.15. The molecule has 0 aliphatic rings. The predicted octanol–water partition coefficient (Wildman–Crippen LogP) is 1.10. The summed E-state index contributed by atoms with van der Waals surface area (Å²) in [6.07, 6.45) is 2.90. The van der Waals surface area contributed by atoms with Gasteiger partial charge in [-0.1, -0.05) is 24.9 Å². The molecule has 0 saturated heterocycles. The van der Waals surface area contributed by atoms with Gasteiger partial charge in [-0.15, -0.1) is 0 Å². The van der Waals surface area contributed by atoms with Gasteiger partial charge in [0.25, 0.3) is 0 Å². The van der Waals surface area contributed by atoms with Gasteiger partial charge in [0, 0.05) is 12.7 Å². The standard InChI is InChI=1S/C9H15ClN4O2S/c1-2-3-4-13-17(15,16)7-5-8(10)9(14-11)12-6-7/h5-6,13H,2-4,11H2,1H3,(H,12,14). The second-order valence-electron chi connectivity index (χ2n) is 3.40. The Morgan fingerprint density at radius 1 is 1.53 bits per heavy atom. The number of nitrogen functional groups attached to an aromatic ring is 1. The largest absolute Gasteiger partial charge is 0.307 e. The lowest BCUT2D eigenvalue weighted by Crippen LogP contribution is -2.25. The fourth-order valence-corrected chi connectivity index (χ4v) is 2.47. The normalized spacial score (nSPS) is 11.5. The molecule has 0 unspecified atom stereocenters. The summed E-state index contributed by atoms with van der Waals surface area (Å²) in [5.74, 6) is 5.38. The van der Waals surface area contributed by atoms with Crippen LogP contribution in [-0.2, 0) is 10.0 Å². The molecule has 0 aliphatic heterocycles. The van der Waals surface area contributed by atoms with Gasteiger partial charge in [0.1, 0.15) is 4.90 Å². The van der Waals surface area contributed by atoms with Crippen molar-refractivity contribution in [2.24, 2.45) is 5.84 Å². The minimum atomic E-state index is -3.55. The molecule has 0 radical (unpaired) electrons. The molecule has 8 heteroatoms. The Labute approximate surface area is 106 Å². The summed E-state index contributed by atoms with van der Waals surface area (Å²) in [5.41, 5.74) is 2.27. The van der Waals surface area contributed by atoms with Gasteiger partial charge < -0.3 is 5.43 Å². The fraction of sp³-hybridized carbons (Fsp3) is 0.444. The summed E-state index contributed by atoms with van der Waals surface area (Å²) in [5, 5.41) is 0.158. The van der Waals surface area contributed by atoms with E-state index in [9.17, 15) is 8.42 Å². The van der Waals surface area contributed by atoms with Gasteiger partial charge in [0.05, 0.1) is 5.02 Å². The quantitative estimate of drug-likeness (QED) is 0.411. The number of nitrogens with zero attached hydrogens (tertiary/aromatic N) is 1. The van der Waals surface area contributed by atoms with E-state index in [1.807, 2.05) is 6.92 Å². The molecule has 0 aromatic carbocycles. The first-order chi connectivity index (χ1) is 8.01. The number of rotatable bonds is 6. The summed E-state index contributed by atoms with van der Waals surface area (Å²) in [7, 11) is -3.55. The van der Waals surface area contributed by atoms with Gasteiger partial charge in [-0.05, 0) is 12.5 Å². The maximum Gasteiger partial charge on any atom is 0.242 e. The zero-order valence-corrected chi connectivity index (χ0v) is 11.0. The molecule has 0 bridgehead atoms. The highest BCUT2D eigenvalue weighted by atomic mass is 35.5. The third-order valence-corrected chi connectivity index (χ3v) is 3.80. The van der Waals surface area contributed by atoms with Crippen molar-refractivity contribution in [2.45, 2.75) is 24.7 Å². The van der Waals surface area contributed by atoms with Crippen LogP contribution in [0.1, 0.15) is 19.8 Å². The lowest BCUT2D eigenvalue weighted by Gasteiger charge is -2.07. The lowest BCUT2D eigenvalue weighted by molar-refractivity contribution is 0.578. The van der Waals surface area contributed by atoms with Crippen molar-refractivity contribution in [2.75, 3.05) is 12.0 Å². The van der Waals surface area contributed by atoms with Crippen molar-refractivity contribution in [1.82, 2.24) is 9.71 Å². The Bertz CT molecular complexity index is 478. The molecule has 17 heavy (non-hydrogen) atoms. The molecule has 0 amide bonds. The Hall–Kier alpha value is -0.890. The maximum atomic E-state index is 11.8. The summed E-state index contributed by atoms with van der Waals surface area (Å²) in [6, 6.07) is 1.30. The van der Waals surface area contributed by atoms with E-state index < -0.39 is 10.0 Å². The minimum Gasteiger partial charge on any atom is -0.307 e. The molecule has 0 saturated carbocycles. The number of aromatic nitrogens is 1. The smallest absolute Gasteiger partial charge is 0.242 e. The first kappa shape index (κ1) is 14.2. The summed E-state index contributed by atoms with van der Waals surface area (Å²) in [4.78, 5) is 3.83. The molecule has 0 aliphatic carbocycles. The monoisotopic (exact) mass is 278 g/mol. The van der Waals surface area contributed by atoms with E-state index in [-0.39, 0.29) is 15.7 Å². The van der Waals surface area contributed by atoms with Crippen LogP contribution in [0.25, 0.3) is 0 Å². The van der Waals surface area contributed by atoms with Crippen LogP contribution in [0.2, 0.25) is 5.02 Å². The number of unbranched alkanes of at least 4 members (excludes halogenated alkanes) is 1. The minimum absolute atomic E-state index is 0.0256. The highest BCUT2D eigenvalue weighted by Crippen LogP contribution is 2.21. The Kier molecular flexibility index (Phi) is 5.13. The Morgan fingerprint density at radius 2 is 2.24 bits per heavy atom. The molecule has 6 nitrogen and oxygen atoms in total. The second-order valence-corrected chi connectivity index (χ2v) is 5.57. The zero-order chi connectivity index (χ0) is 12.9. The molecule has 0 atom stereocenters. The third kappa shape index (κ3) is 3.81. The van der Waals surface area contributed by atoms with E-state index in [4.69, 9.17) is 17.4 Å². The topological polar surface area (TPSA) is 97.1 Å². The summed E-state index contributed by atoms with van der Waals surface area (Å²) in [6.45, 7) is 2.38.